The van der Waals surface area contributed by atoms with Crippen molar-refractivity contribution >= 4 is 11.6 Å². The Balaban J connectivity index is 1.93. The Labute approximate surface area is 107 Å². The molecule has 1 saturated carbocycles. The minimum atomic E-state index is -0.329. The van der Waals surface area contributed by atoms with Gasteiger partial charge in [-0.15, -0.1) is 0 Å². The predicted molar refractivity (Wildman–Crippen MR) is 69.9 cm³/mol. The Hall–Kier alpha value is -0.600. The van der Waals surface area contributed by atoms with E-state index in [1.807, 2.05) is 6.07 Å². The summed E-state index contributed by atoms with van der Waals surface area (Å²) in [6.07, 6.45) is 4.69. The number of halogens is 2. The molecule has 1 aromatic carbocycles. The van der Waals surface area contributed by atoms with E-state index in [0.717, 1.165) is 25.1 Å². The van der Waals surface area contributed by atoms with Gasteiger partial charge < -0.3 is 5.32 Å². The second-order valence-electron chi connectivity index (χ2n) is 5.10. The van der Waals surface area contributed by atoms with Gasteiger partial charge in [-0.05, 0) is 55.3 Å². The Morgan fingerprint density at radius 3 is 2.76 bits per heavy atom. The Morgan fingerprint density at radius 2 is 2.18 bits per heavy atom. The molecule has 17 heavy (non-hydrogen) atoms. The summed E-state index contributed by atoms with van der Waals surface area (Å²) in [5.41, 5.74) is 1.54. The van der Waals surface area contributed by atoms with Crippen LogP contribution in [0.4, 0.5) is 4.39 Å². The van der Waals surface area contributed by atoms with Crippen LogP contribution in [0.15, 0.2) is 18.2 Å². The molecule has 1 fully saturated rings. The van der Waals surface area contributed by atoms with Crippen LogP contribution < -0.4 is 5.32 Å². The predicted octanol–water partition coefficient (Wildman–Crippen LogP) is 3.80. The van der Waals surface area contributed by atoms with Crippen molar-refractivity contribution in [3.8, 4) is 0 Å². The quantitative estimate of drug-likeness (QED) is 0.763. The van der Waals surface area contributed by atoms with Gasteiger partial charge in [0.25, 0.3) is 0 Å². The first kappa shape index (κ1) is 12.8. The van der Waals surface area contributed by atoms with Gasteiger partial charge in [0.15, 0.2) is 0 Å². The van der Waals surface area contributed by atoms with Gasteiger partial charge >= 0.3 is 0 Å². The van der Waals surface area contributed by atoms with Crippen molar-refractivity contribution in [2.24, 2.45) is 5.41 Å². The third-order valence-corrected chi connectivity index (χ3v) is 3.74. The molecule has 0 heterocycles. The van der Waals surface area contributed by atoms with Crippen LogP contribution in [0, 0.1) is 11.2 Å². The molecule has 0 bridgehead atoms. The molecule has 0 radical (unpaired) electrons. The highest BCUT2D eigenvalue weighted by Gasteiger charge is 2.41. The van der Waals surface area contributed by atoms with Crippen molar-refractivity contribution in [1.82, 2.24) is 5.32 Å². The second-order valence-corrected chi connectivity index (χ2v) is 5.51. The lowest BCUT2D eigenvalue weighted by Gasteiger charge is -2.16. The number of hydrogen-bond acceptors (Lipinski definition) is 1. The lowest BCUT2D eigenvalue weighted by molar-refractivity contribution is 0.455. The highest BCUT2D eigenvalue weighted by atomic mass is 35.5. The van der Waals surface area contributed by atoms with E-state index in [0.29, 0.717) is 5.41 Å². The van der Waals surface area contributed by atoms with Crippen LogP contribution in [0.25, 0.3) is 0 Å². The maximum atomic E-state index is 13.1. The Bertz CT molecular complexity index is 388. The van der Waals surface area contributed by atoms with Crippen LogP contribution in [-0.4, -0.2) is 13.1 Å². The highest BCUT2D eigenvalue weighted by Crippen LogP contribution is 2.48. The van der Waals surface area contributed by atoms with Crippen molar-refractivity contribution in [2.75, 3.05) is 13.1 Å². The van der Waals surface area contributed by atoms with Crippen LogP contribution in [0.5, 0.6) is 0 Å². The van der Waals surface area contributed by atoms with E-state index in [2.05, 4.69) is 12.2 Å². The molecule has 0 aromatic heterocycles. The van der Waals surface area contributed by atoms with Gasteiger partial charge in [0.1, 0.15) is 5.82 Å². The highest BCUT2D eigenvalue weighted by molar-refractivity contribution is 6.30. The summed E-state index contributed by atoms with van der Waals surface area (Å²) >= 11 is 5.80. The van der Waals surface area contributed by atoms with E-state index in [1.54, 1.807) is 6.07 Å². The number of rotatable bonds is 6. The first-order valence-electron chi connectivity index (χ1n) is 6.30. The van der Waals surface area contributed by atoms with Gasteiger partial charge in [-0.3, -0.25) is 0 Å². The summed E-state index contributed by atoms with van der Waals surface area (Å²) in [7, 11) is 0. The van der Waals surface area contributed by atoms with E-state index >= 15 is 0 Å². The van der Waals surface area contributed by atoms with E-state index < -0.39 is 0 Å². The molecular weight excluding hydrogens is 237 g/mol. The zero-order valence-corrected chi connectivity index (χ0v) is 11.0. The van der Waals surface area contributed by atoms with E-state index in [1.165, 1.54) is 25.3 Å². The summed E-state index contributed by atoms with van der Waals surface area (Å²) < 4.78 is 13.1. The number of benzene rings is 1. The van der Waals surface area contributed by atoms with Gasteiger partial charge in [0, 0.05) is 6.54 Å². The maximum Gasteiger partial charge on any atom is 0.141 e. The molecule has 0 aliphatic heterocycles. The first-order chi connectivity index (χ1) is 8.15. The van der Waals surface area contributed by atoms with Gasteiger partial charge in [-0.25, -0.2) is 4.39 Å². The van der Waals surface area contributed by atoms with Crippen molar-refractivity contribution in [1.29, 1.82) is 0 Å². The van der Waals surface area contributed by atoms with Crippen LogP contribution in [-0.2, 0) is 6.42 Å². The molecule has 0 spiro atoms. The summed E-state index contributed by atoms with van der Waals surface area (Å²) in [4.78, 5) is 0. The lowest BCUT2D eigenvalue weighted by Crippen LogP contribution is -2.26. The second kappa shape index (κ2) is 5.36. The number of nitrogens with one attached hydrogen (secondary N) is 1. The molecule has 0 amide bonds. The normalized spacial score (nSPS) is 17.1. The molecular formula is C14H19ClFN. The summed E-state index contributed by atoms with van der Waals surface area (Å²) in [5, 5.41) is 3.71. The van der Waals surface area contributed by atoms with Gasteiger partial charge in [-0.1, -0.05) is 24.6 Å². The molecule has 0 atom stereocenters. The smallest absolute Gasteiger partial charge is 0.141 e. The zero-order valence-electron chi connectivity index (χ0n) is 10.2. The van der Waals surface area contributed by atoms with Crippen molar-refractivity contribution in [3.05, 3.63) is 34.6 Å². The lowest BCUT2D eigenvalue weighted by atomic mass is 9.96. The van der Waals surface area contributed by atoms with Crippen LogP contribution in [0.3, 0.4) is 0 Å². The Morgan fingerprint density at radius 1 is 1.41 bits per heavy atom. The van der Waals surface area contributed by atoms with Crippen molar-refractivity contribution in [3.63, 3.8) is 0 Å². The van der Waals surface area contributed by atoms with Crippen molar-refractivity contribution < 1.29 is 4.39 Å². The van der Waals surface area contributed by atoms with Crippen molar-refractivity contribution in [2.45, 2.75) is 32.6 Å². The standard InChI is InChI=1S/C14H19ClFN/c1-2-7-17-10-14(5-6-14)9-11-3-4-13(16)12(15)8-11/h3-4,8,17H,2,5-7,9-10H2,1H3. The Kier molecular flexibility index (Phi) is 4.05. The minimum Gasteiger partial charge on any atom is -0.316 e. The minimum absolute atomic E-state index is 0.236. The van der Waals surface area contributed by atoms with Gasteiger partial charge in [-0.2, -0.15) is 0 Å². The molecule has 1 nitrogen and oxygen atoms in total. The van der Waals surface area contributed by atoms with Crippen LogP contribution in [0.2, 0.25) is 5.02 Å². The average Bonchev–Trinajstić information content (AvgIpc) is 3.04. The topological polar surface area (TPSA) is 12.0 Å². The van der Waals surface area contributed by atoms with Crippen LogP contribution >= 0.6 is 11.6 Å². The SMILES string of the molecule is CCCNCC1(Cc2ccc(F)c(Cl)c2)CC1. The maximum absolute atomic E-state index is 13.1. The summed E-state index contributed by atoms with van der Waals surface area (Å²) in [5.74, 6) is -0.329. The van der Waals surface area contributed by atoms with Crippen LogP contribution in [0.1, 0.15) is 31.7 Å². The molecule has 1 aliphatic rings. The monoisotopic (exact) mass is 255 g/mol. The summed E-state index contributed by atoms with van der Waals surface area (Å²) in [6, 6.07) is 5.07. The fourth-order valence-electron chi connectivity index (χ4n) is 2.21. The summed E-state index contributed by atoms with van der Waals surface area (Å²) in [6.45, 7) is 4.31. The molecule has 0 saturated heterocycles. The largest absolute Gasteiger partial charge is 0.316 e. The third kappa shape index (κ3) is 3.43. The number of hydrogen-bond donors (Lipinski definition) is 1. The fourth-order valence-corrected chi connectivity index (χ4v) is 2.41. The zero-order chi connectivity index (χ0) is 12.3. The third-order valence-electron chi connectivity index (χ3n) is 3.45. The molecule has 1 aromatic rings. The molecule has 3 heteroatoms. The average molecular weight is 256 g/mol. The van der Waals surface area contributed by atoms with Gasteiger partial charge in [0.2, 0.25) is 0 Å². The molecule has 94 valence electrons. The molecule has 2 rings (SSSR count). The van der Waals surface area contributed by atoms with Gasteiger partial charge in [0.05, 0.1) is 5.02 Å². The fraction of sp³-hybridized carbons (Fsp3) is 0.571. The molecule has 1 N–H and O–H groups in total. The molecule has 0 unspecified atom stereocenters. The van der Waals surface area contributed by atoms with E-state index in [4.69, 9.17) is 11.6 Å². The van der Waals surface area contributed by atoms with E-state index in [-0.39, 0.29) is 10.8 Å². The molecule has 1 aliphatic carbocycles. The van der Waals surface area contributed by atoms with E-state index in [9.17, 15) is 4.39 Å². The first-order valence-corrected chi connectivity index (χ1v) is 6.68.